The number of phenols is 1. The maximum Gasteiger partial charge on any atom is 0.257 e. The minimum Gasteiger partial charge on any atom is -0.508 e. The number of rotatable bonds is 5. The van der Waals surface area contributed by atoms with Gasteiger partial charge in [0.25, 0.3) is 5.56 Å². The lowest BCUT2D eigenvalue weighted by Gasteiger charge is -2.32. The summed E-state index contributed by atoms with van der Waals surface area (Å²) in [6.45, 7) is 4.33. The van der Waals surface area contributed by atoms with E-state index < -0.39 is 5.92 Å². The van der Waals surface area contributed by atoms with Crippen LogP contribution in [0.2, 0.25) is 0 Å². The third-order valence-electron chi connectivity index (χ3n) is 5.37. The number of ketones is 1. The van der Waals surface area contributed by atoms with Crippen molar-refractivity contribution in [3.8, 4) is 5.75 Å². The normalized spacial score (nSPS) is 18.4. The van der Waals surface area contributed by atoms with Crippen LogP contribution >= 0.6 is 11.8 Å². The highest BCUT2D eigenvalue weighted by Gasteiger charge is 2.37. The van der Waals surface area contributed by atoms with E-state index in [-0.39, 0.29) is 17.1 Å². The van der Waals surface area contributed by atoms with Crippen molar-refractivity contribution in [2.24, 2.45) is 5.92 Å². The first kappa shape index (κ1) is 19.8. The van der Waals surface area contributed by atoms with E-state index in [1.54, 1.807) is 18.2 Å². The van der Waals surface area contributed by atoms with Gasteiger partial charge >= 0.3 is 0 Å². The van der Waals surface area contributed by atoms with Gasteiger partial charge in [-0.05, 0) is 42.9 Å². The highest BCUT2D eigenvalue weighted by molar-refractivity contribution is 7.99. The number of fused-ring (bicyclic) bond motifs is 1. The SMILES string of the molecule is CC(C)CCSc1nc2c(c(=O)[nH]1)C(c1cccc(O)c1)C1=C(CCCC1=O)N2. The van der Waals surface area contributed by atoms with E-state index >= 15 is 0 Å². The topological polar surface area (TPSA) is 95.1 Å². The second-order valence-electron chi connectivity index (χ2n) is 7.99. The molecule has 152 valence electrons. The second-order valence-corrected chi connectivity index (χ2v) is 9.07. The quantitative estimate of drug-likeness (QED) is 0.505. The number of benzene rings is 1. The molecule has 3 N–H and O–H groups in total. The van der Waals surface area contributed by atoms with Gasteiger partial charge in [0, 0.05) is 29.4 Å². The maximum absolute atomic E-state index is 13.1. The van der Waals surface area contributed by atoms with Crippen LogP contribution in [0.15, 0.2) is 45.5 Å². The third kappa shape index (κ3) is 3.96. The van der Waals surface area contributed by atoms with Gasteiger partial charge in [0.1, 0.15) is 11.6 Å². The minimum atomic E-state index is -0.521. The van der Waals surface area contributed by atoms with Crippen LogP contribution in [0.3, 0.4) is 0 Å². The van der Waals surface area contributed by atoms with Crippen LogP contribution in [0.25, 0.3) is 0 Å². The monoisotopic (exact) mass is 411 g/mol. The van der Waals surface area contributed by atoms with Gasteiger partial charge < -0.3 is 15.4 Å². The summed E-state index contributed by atoms with van der Waals surface area (Å²) in [5.74, 6) is 1.61. The Labute approximate surface area is 173 Å². The molecule has 2 heterocycles. The van der Waals surface area contributed by atoms with Gasteiger partial charge in [-0.15, -0.1) is 0 Å². The van der Waals surface area contributed by atoms with E-state index in [0.29, 0.717) is 34.4 Å². The van der Waals surface area contributed by atoms with E-state index in [4.69, 9.17) is 0 Å². The number of carbonyl (C=O) groups excluding carboxylic acids is 1. The number of allylic oxidation sites excluding steroid dienone is 2. The molecule has 1 aliphatic heterocycles. The molecule has 0 saturated heterocycles. The average molecular weight is 412 g/mol. The summed E-state index contributed by atoms with van der Waals surface area (Å²) < 4.78 is 0. The molecule has 0 amide bonds. The van der Waals surface area contributed by atoms with E-state index in [1.165, 1.54) is 11.8 Å². The predicted octanol–water partition coefficient (Wildman–Crippen LogP) is 4.18. The summed E-state index contributed by atoms with van der Waals surface area (Å²) in [4.78, 5) is 33.4. The van der Waals surface area contributed by atoms with Crippen molar-refractivity contribution >= 4 is 23.4 Å². The number of aromatic hydroxyl groups is 1. The van der Waals surface area contributed by atoms with Gasteiger partial charge in [0.2, 0.25) is 0 Å². The van der Waals surface area contributed by atoms with Crippen LogP contribution in [0, 0.1) is 5.92 Å². The van der Waals surface area contributed by atoms with Crippen LogP contribution in [0.1, 0.15) is 56.6 Å². The maximum atomic E-state index is 13.1. The summed E-state index contributed by atoms with van der Waals surface area (Å²) in [5, 5.41) is 13.8. The summed E-state index contributed by atoms with van der Waals surface area (Å²) in [7, 11) is 0. The minimum absolute atomic E-state index is 0.0486. The zero-order chi connectivity index (χ0) is 20.5. The molecule has 1 unspecified atom stereocenters. The first-order valence-corrected chi connectivity index (χ1v) is 11.0. The fourth-order valence-corrected chi connectivity index (χ4v) is 5.04. The molecule has 1 aromatic carbocycles. The van der Waals surface area contributed by atoms with Gasteiger partial charge in [-0.1, -0.05) is 37.7 Å². The van der Waals surface area contributed by atoms with Crippen molar-refractivity contribution in [3.05, 3.63) is 57.0 Å². The van der Waals surface area contributed by atoms with Crippen molar-refractivity contribution in [1.29, 1.82) is 0 Å². The number of hydrogen-bond acceptors (Lipinski definition) is 6. The Hall–Kier alpha value is -2.54. The van der Waals surface area contributed by atoms with Gasteiger partial charge in [0.15, 0.2) is 10.9 Å². The van der Waals surface area contributed by atoms with Crippen LogP contribution in [0.5, 0.6) is 5.75 Å². The second kappa shape index (κ2) is 8.06. The molecule has 0 radical (unpaired) electrons. The van der Waals surface area contributed by atoms with Gasteiger partial charge in [-0.3, -0.25) is 9.59 Å². The standard InChI is InChI=1S/C22H25N3O3S/c1-12(2)9-10-29-22-24-20-19(21(28)25-22)17(13-5-3-6-14(26)11-13)18-15(23-20)7-4-8-16(18)27/h3,5-6,11-12,17,26H,4,7-10H2,1-2H3,(H2,23,24,25,28). The van der Waals surface area contributed by atoms with Crippen molar-refractivity contribution in [2.75, 3.05) is 11.1 Å². The van der Waals surface area contributed by atoms with E-state index in [1.807, 2.05) is 6.07 Å². The number of phenolic OH excluding ortho intramolecular Hbond substituents is 1. The number of hydrogen-bond donors (Lipinski definition) is 3. The van der Waals surface area contributed by atoms with Crippen LogP contribution in [-0.2, 0) is 4.79 Å². The first-order chi connectivity index (χ1) is 13.9. The van der Waals surface area contributed by atoms with Gasteiger partial charge in [-0.25, -0.2) is 4.98 Å². The molecule has 6 nitrogen and oxygen atoms in total. The molecule has 0 spiro atoms. The molecule has 2 aliphatic rings. The van der Waals surface area contributed by atoms with Crippen molar-refractivity contribution in [2.45, 2.75) is 50.6 Å². The Morgan fingerprint density at radius 3 is 2.86 bits per heavy atom. The van der Waals surface area contributed by atoms with Crippen molar-refractivity contribution in [1.82, 2.24) is 9.97 Å². The number of thioether (sulfide) groups is 1. The van der Waals surface area contributed by atoms with E-state index in [2.05, 4.69) is 29.1 Å². The number of aromatic amines is 1. The Morgan fingerprint density at radius 1 is 1.28 bits per heavy atom. The molecule has 0 fully saturated rings. The predicted molar refractivity (Wildman–Crippen MR) is 114 cm³/mol. The Balaban J connectivity index is 1.81. The molecule has 7 heteroatoms. The molecule has 29 heavy (non-hydrogen) atoms. The number of Topliss-reactive ketones (excluding diaryl/α,β-unsaturated/α-hetero) is 1. The molecular weight excluding hydrogens is 386 g/mol. The molecule has 2 aromatic rings. The number of carbonyl (C=O) groups is 1. The zero-order valence-corrected chi connectivity index (χ0v) is 17.4. The highest BCUT2D eigenvalue weighted by atomic mass is 32.2. The molecule has 1 aliphatic carbocycles. The molecule has 0 bridgehead atoms. The number of H-pyrrole nitrogens is 1. The van der Waals surface area contributed by atoms with Crippen LogP contribution in [-0.4, -0.2) is 26.6 Å². The van der Waals surface area contributed by atoms with Gasteiger partial charge in [0.05, 0.1) is 5.56 Å². The first-order valence-electron chi connectivity index (χ1n) is 10.0. The van der Waals surface area contributed by atoms with Crippen LogP contribution in [0.4, 0.5) is 5.82 Å². The lowest BCUT2D eigenvalue weighted by molar-refractivity contribution is -0.116. The number of aromatic nitrogens is 2. The zero-order valence-electron chi connectivity index (χ0n) is 16.6. The number of nitrogens with one attached hydrogen (secondary N) is 2. The third-order valence-corrected chi connectivity index (χ3v) is 6.28. The summed E-state index contributed by atoms with van der Waals surface area (Å²) >= 11 is 1.54. The van der Waals surface area contributed by atoms with Crippen LogP contribution < -0.4 is 10.9 Å². The molecule has 1 atom stereocenters. The van der Waals surface area contributed by atoms with E-state index in [0.717, 1.165) is 36.3 Å². The molecule has 0 saturated carbocycles. The Kier molecular flexibility index (Phi) is 5.50. The summed E-state index contributed by atoms with van der Waals surface area (Å²) in [6.07, 6.45) is 3.04. The fourth-order valence-electron chi connectivity index (χ4n) is 3.94. The average Bonchev–Trinajstić information content (AvgIpc) is 2.66. The number of anilines is 1. The fraction of sp³-hybridized carbons (Fsp3) is 0.409. The summed E-state index contributed by atoms with van der Waals surface area (Å²) in [6, 6.07) is 6.78. The van der Waals surface area contributed by atoms with Gasteiger partial charge in [-0.2, -0.15) is 0 Å². The highest BCUT2D eigenvalue weighted by Crippen LogP contribution is 2.43. The van der Waals surface area contributed by atoms with E-state index in [9.17, 15) is 14.7 Å². The molecule has 4 rings (SSSR count). The summed E-state index contributed by atoms with van der Waals surface area (Å²) in [5.41, 5.74) is 2.40. The Bertz CT molecular complexity index is 1040. The molecular formula is C22H25N3O3S. The smallest absolute Gasteiger partial charge is 0.257 e. The van der Waals surface area contributed by atoms with Crippen molar-refractivity contribution < 1.29 is 9.90 Å². The lowest BCUT2D eigenvalue weighted by Crippen LogP contribution is -2.32. The number of nitrogens with zero attached hydrogens (tertiary/aromatic N) is 1. The van der Waals surface area contributed by atoms with Crippen molar-refractivity contribution in [3.63, 3.8) is 0 Å². The molecule has 1 aromatic heterocycles. The largest absolute Gasteiger partial charge is 0.508 e. The lowest BCUT2D eigenvalue weighted by atomic mass is 9.76. The Morgan fingerprint density at radius 2 is 2.10 bits per heavy atom.